The van der Waals surface area contributed by atoms with Crippen molar-refractivity contribution in [2.45, 2.75) is 0 Å². The van der Waals surface area contributed by atoms with Crippen LogP contribution in [-0.2, 0) is 0 Å². The van der Waals surface area contributed by atoms with Crippen molar-refractivity contribution < 1.29 is 0 Å². The van der Waals surface area contributed by atoms with E-state index in [0.29, 0.717) is 6.54 Å². The zero-order valence-corrected chi connectivity index (χ0v) is 5.97. The molecule has 0 aromatic rings. The van der Waals surface area contributed by atoms with Gasteiger partial charge in [-0.15, -0.1) is 0 Å². The first kappa shape index (κ1) is 6.26. The van der Waals surface area contributed by atoms with E-state index in [9.17, 15) is 0 Å². The summed E-state index contributed by atoms with van der Waals surface area (Å²) in [5.41, 5.74) is 5.28. The molecule has 0 radical (unpaired) electrons. The van der Waals surface area contributed by atoms with Gasteiger partial charge in [0.25, 0.3) is 0 Å². The first-order chi connectivity index (χ1) is 3.93. The van der Waals surface area contributed by atoms with Crippen molar-refractivity contribution >= 4 is 23.5 Å². The number of hydrogen-bond acceptors (Lipinski definition) is 3. The van der Waals surface area contributed by atoms with Crippen molar-refractivity contribution in [3.63, 3.8) is 0 Å². The van der Waals surface area contributed by atoms with Crippen molar-refractivity contribution in [3.8, 4) is 0 Å². The molecule has 1 aliphatic heterocycles. The molecule has 0 saturated carbocycles. The first-order valence-electron chi connectivity index (χ1n) is 2.32. The van der Waals surface area contributed by atoms with Crippen LogP contribution in [0.1, 0.15) is 0 Å². The van der Waals surface area contributed by atoms with Gasteiger partial charge in [-0.05, 0) is 10.8 Å². The standard InChI is InChI=1S/C5H7NS2/c6-2-1-5-7-3-4-8-5/h1,3-4H,2,6H2. The van der Waals surface area contributed by atoms with E-state index >= 15 is 0 Å². The van der Waals surface area contributed by atoms with Gasteiger partial charge < -0.3 is 5.73 Å². The number of hydrogen-bond donors (Lipinski definition) is 1. The van der Waals surface area contributed by atoms with Crippen LogP contribution >= 0.6 is 23.5 Å². The Morgan fingerprint density at radius 1 is 1.50 bits per heavy atom. The molecular weight excluding hydrogens is 138 g/mol. The Balaban J connectivity index is 2.39. The van der Waals surface area contributed by atoms with Crippen molar-refractivity contribution in [2.24, 2.45) is 5.73 Å². The van der Waals surface area contributed by atoms with Gasteiger partial charge in [-0.1, -0.05) is 29.6 Å². The average Bonchev–Trinajstić information content (AvgIpc) is 2.19. The van der Waals surface area contributed by atoms with Gasteiger partial charge in [-0.25, -0.2) is 0 Å². The average molecular weight is 145 g/mol. The minimum absolute atomic E-state index is 0.650. The summed E-state index contributed by atoms with van der Waals surface area (Å²) in [6.07, 6.45) is 2.02. The molecule has 1 heterocycles. The summed E-state index contributed by atoms with van der Waals surface area (Å²) in [6, 6.07) is 0. The molecule has 0 unspecified atom stereocenters. The van der Waals surface area contributed by atoms with E-state index in [2.05, 4.69) is 10.8 Å². The van der Waals surface area contributed by atoms with E-state index < -0.39 is 0 Å². The molecule has 0 bridgehead atoms. The predicted molar refractivity (Wildman–Crippen MR) is 41.5 cm³/mol. The molecule has 0 fully saturated rings. The van der Waals surface area contributed by atoms with Crippen LogP contribution in [0.25, 0.3) is 0 Å². The Hall–Kier alpha value is 0.140. The lowest BCUT2D eigenvalue weighted by atomic mass is 10.7. The summed E-state index contributed by atoms with van der Waals surface area (Å²) >= 11 is 3.46. The van der Waals surface area contributed by atoms with Crippen molar-refractivity contribution in [1.82, 2.24) is 0 Å². The van der Waals surface area contributed by atoms with E-state index in [1.807, 2.05) is 6.08 Å². The summed E-state index contributed by atoms with van der Waals surface area (Å²) in [5.74, 6) is 0. The lowest BCUT2D eigenvalue weighted by Crippen LogP contribution is -1.92. The molecule has 0 aromatic carbocycles. The quantitative estimate of drug-likeness (QED) is 0.608. The van der Waals surface area contributed by atoms with Gasteiger partial charge in [0.2, 0.25) is 0 Å². The van der Waals surface area contributed by atoms with Gasteiger partial charge in [-0.3, -0.25) is 0 Å². The highest BCUT2D eigenvalue weighted by molar-refractivity contribution is 8.27. The van der Waals surface area contributed by atoms with Crippen molar-refractivity contribution in [1.29, 1.82) is 0 Å². The highest BCUT2D eigenvalue weighted by Gasteiger charge is 1.98. The largest absolute Gasteiger partial charge is 0.327 e. The van der Waals surface area contributed by atoms with Gasteiger partial charge in [0.1, 0.15) is 0 Å². The van der Waals surface area contributed by atoms with E-state index in [1.165, 1.54) is 4.24 Å². The van der Waals surface area contributed by atoms with Gasteiger partial charge in [0, 0.05) is 10.8 Å². The van der Waals surface area contributed by atoms with Crippen LogP contribution in [0.3, 0.4) is 0 Å². The molecule has 0 aliphatic carbocycles. The Kier molecular flexibility index (Phi) is 2.52. The predicted octanol–water partition coefficient (Wildman–Crippen LogP) is 1.74. The van der Waals surface area contributed by atoms with E-state index in [0.717, 1.165) is 0 Å². The maximum Gasteiger partial charge on any atom is 0.0459 e. The smallest absolute Gasteiger partial charge is 0.0459 e. The Labute approximate surface area is 57.4 Å². The zero-order valence-electron chi connectivity index (χ0n) is 4.33. The third kappa shape index (κ3) is 1.58. The van der Waals surface area contributed by atoms with E-state index in [-0.39, 0.29) is 0 Å². The molecule has 0 spiro atoms. The molecule has 44 valence electrons. The monoisotopic (exact) mass is 145 g/mol. The van der Waals surface area contributed by atoms with Gasteiger partial charge >= 0.3 is 0 Å². The van der Waals surface area contributed by atoms with Crippen molar-refractivity contribution in [2.75, 3.05) is 6.54 Å². The lowest BCUT2D eigenvalue weighted by Gasteiger charge is -1.88. The maximum absolute atomic E-state index is 5.28. The molecule has 2 N–H and O–H groups in total. The van der Waals surface area contributed by atoms with E-state index in [1.54, 1.807) is 23.5 Å². The Bertz CT molecular complexity index is 118. The summed E-state index contributed by atoms with van der Waals surface area (Å²) in [7, 11) is 0. The molecule has 0 atom stereocenters. The van der Waals surface area contributed by atoms with Crippen LogP contribution in [0.5, 0.6) is 0 Å². The number of thioether (sulfide) groups is 2. The van der Waals surface area contributed by atoms with E-state index in [4.69, 9.17) is 5.73 Å². The van der Waals surface area contributed by atoms with Crippen LogP contribution in [0.2, 0.25) is 0 Å². The van der Waals surface area contributed by atoms with Crippen LogP contribution in [0.15, 0.2) is 21.1 Å². The molecule has 1 aliphatic rings. The van der Waals surface area contributed by atoms with Gasteiger partial charge in [0.05, 0.1) is 0 Å². The molecule has 3 heteroatoms. The van der Waals surface area contributed by atoms with Gasteiger partial charge in [-0.2, -0.15) is 0 Å². The fraction of sp³-hybridized carbons (Fsp3) is 0.200. The third-order valence-electron chi connectivity index (χ3n) is 0.708. The Morgan fingerprint density at radius 2 is 2.12 bits per heavy atom. The first-order valence-corrected chi connectivity index (χ1v) is 4.08. The molecule has 0 aromatic heterocycles. The van der Waals surface area contributed by atoms with Crippen LogP contribution in [0, 0.1) is 0 Å². The highest BCUT2D eigenvalue weighted by Crippen LogP contribution is 2.36. The molecular formula is C5H7NS2. The molecule has 8 heavy (non-hydrogen) atoms. The van der Waals surface area contributed by atoms with Gasteiger partial charge in [0.15, 0.2) is 0 Å². The molecule has 0 saturated heterocycles. The second-order valence-electron chi connectivity index (χ2n) is 1.27. The molecule has 1 rings (SSSR count). The third-order valence-corrected chi connectivity index (χ3v) is 2.80. The van der Waals surface area contributed by atoms with Crippen LogP contribution < -0.4 is 5.73 Å². The maximum atomic E-state index is 5.28. The minimum Gasteiger partial charge on any atom is -0.327 e. The fourth-order valence-electron chi connectivity index (χ4n) is 0.410. The minimum atomic E-state index is 0.650. The Morgan fingerprint density at radius 3 is 2.62 bits per heavy atom. The SMILES string of the molecule is NCC=C1SC=CS1. The lowest BCUT2D eigenvalue weighted by molar-refractivity contribution is 1.26. The highest BCUT2D eigenvalue weighted by atomic mass is 32.2. The van der Waals surface area contributed by atoms with Crippen LogP contribution in [-0.4, -0.2) is 6.54 Å². The molecule has 1 nitrogen and oxygen atoms in total. The summed E-state index contributed by atoms with van der Waals surface area (Å²) < 4.78 is 1.30. The van der Waals surface area contributed by atoms with Crippen molar-refractivity contribution in [3.05, 3.63) is 21.1 Å². The summed E-state index contributed by atoms with van der Waals surface area (Å²) in [4.78, 5) is 0. The molecule has 0 amide bonds. The summed E-state index contributed by atoms with van der Waals surface area (Å²) in [6.45, 7) is 0.650. The topological polar surface area (TPSA) is 26.0 Å². The number of nitrogens with two attached hydrogens (primary N) is 1. The second-order valence-corrected chi connectivity index (χ2v) is 3.42. The normalized spacial score (nSPS) is 17.4. The second kappa shape index (κ2) is 3.22. The van der Waals surface area contributed by atoms with Crippen LogP contribution in [0.4, 0.5) is 0 Å². The fourth-order valence-corrected chi connectivity index (χ4v) is 2.06. The zero-order chi connectivity index (χ0) is 5.82. The number of rotatable bonds is 1. The summed E-state index contributed by atoms with van der Waals surface area (Å²) in [5, 5.41) is 4.12.